The van der Waals surface area contributed by atoms with Crippen molar-refractivity contribution in [2.24, 2.45) is 7.05 Å². The maximum Gasteiger partial charge on any atom is 0.573 e. The first-order valence-electron chi connectivity index (χ1n) is 10.9. The molecule has 0 aliphatic heterocycles. The predicted molar refractivity (Wildman–Crippen MR) is 133 cm³/mol. The lowest BCUT2D eigenvalue weighted by molar-refractivity contribution is -0.274. The van der Waals surface area contributed by atoms with Gasteiger partial charge in [-0.15, -0.1) is 25.6 Å². The fourth-order valence-electron chi connectivity index (χ4n) is 3.85. The number of nitrogens with zero attached hydrogens (tertiary/aromatic N) is 4. The van der Waals surface area contributed by atoms with Gasteiger partial charge in [-0.05, 0) is 53.6 Å². The van der Waals surface area contributed by atoms with Crippen LogP contribution in [0.5, 0.6) is 11.5 Å². The van der Waals surface area contributed by atoms with Gasteiger partial charge in [0, 0.05) is 12.6 Å². The summed E-state index contributed by atoms with van der Waals surface area (Å²) in [6, 6.07) is 20.2. The summed E-state index contributed by atoms with van der Waals surface area (Å²) in [5.74, 6) is -0.0979. The van der Waals surface area contributed by atoms with Gasteiger partial charge in [-0.25, -0.2) is 4.98 Å². The summed E-state index contributed by atoms with van der Waals surface area (Å²) in [5.41, 5.74) is 0.861. The van der Waals surface area contributed by atoms with E-state index in [0.717, 1.165) is 12.1 Å². The van der Waals surface area contributed by atoms with Crippen LogP contribution in [0.15, 0.2) is 79.3 Å². The van der Waals surface area contributed by atoms with Crippen molar-refractivity contribution in [1.82, 2.24) is 9.55 Å². The van der Waals surface area contributed by atoms with Crippen molar-refractivity contribution in [1.29, 1.82) is 10.5 Å². The molecule has 1 heterocycles. The number of ether oxygens (including phenoxy) is 2. The number of hydrogen-bond acceptors (Lipinski definition) is 6. The molecule has 0 amide bonds. The Morgan fingerprint density at radius 1 is 0.947 bits per heavy atom. The van der Waals surface area contributed by atoms with Gasteiger partial charge in [0.25, 0.3) is 0 Å². The third kappa shape index (κ3) is 6.06. The van der Waals surface area contributed by atoms with Gasteiger partial charge < -0.3 is 19.1 Å². The van der Waals surface area contributed by atoms with Crippen molar-refractivity contribution >= 4 is 12.4 Å². The van der Waals surface area contributed by atoms with E-state index in [-0.39, 0.29) is 30.5 Å². The Bertz CT molecular complexity index is 1490. The minimum Gasteiger partial charge on any atom is -0.489 e. The molecule has 1 aromatic heterocycles. The third-order valence-corrected chi connectivity index (χ3v) is 5.68. The smallest absolute Gasteiger partial charge is 0.489 e. The van der Waals surface area contributed by atoms with Gasteiger partial charge in [-0.3, -0.25) is 0 Å². The maximum absolute atomic E-state index is 12.5. The largest absolute Gasteiger partial charge is 0.573 e. The second-order valence-corrected chi connectivity index (χ2v) is 8.12. The standard InChI is InChI=1S/C27H19F3N4O3.ClH/c1-34-17-33-15-25(34)26(35,21-7-2-18(13-31)3-8-21)16-36-24-11-4-19(14-32)12-23(24)20-5-9-22(10-6-20)37-27(28,29)30;/h2-12,15,17,35H,16H2,1H3;1H/t26-;/m1./s1. The zero-order chi connectivity index (χ0) is 26.6. The Morgan fingerprint density at radius 3 is 2.13 bits per heavy atom. The van der Waals surface area contributed by atoms with Crippen LogP contribution in [0.25, 0.3) is 11.1 Å². The molecule has 38 heavy (non-hydrogen) atoms. The monoisotopic (exact) mass is 540 g/mol. The molecule has 0 saturated heterocycles. The summed E-state index contributed by atoms with van der Waals surface area (Å²) < 4.78 is 49.3. The molecule has 4 aromatic rings. The van der Waals surface area contributed by atoms with E-state index in [9.17, 15) is 23.5 Å². The highest BCUT2D eigenvalue weighted by Gasteiger charge is 2.36. The summed E-state index contributed by atoms with van der Waals surface area (Å²) >= 11 is 0. The van der Waals surface area contributed by atoms with E-state index in [0.29, 0.717) is 33.5 Å². The first-order chi connectivity index (χ1) is 17.6. The van der Waals surface area contributed by atoms with Crippen LogP contribution >= 0.6 is 12.4 Å². The first kappa shape index (κ1) is 28.1. The maximum atomic E-state index is 12.5. The average Bonchev–Trinajstić information content (AvgIpc) is 3.33. The van der Waals surface area contributed by atoms with Crippen molar-refractivity contribution in [3.8, 4) is 34.8 Å². The van der Waals surface area contributed by atoms with Crippen LogP contribution < -0.4 is 9.47 Å². The van der Waals surface area contributed by atoms with E-state index in [4.69, 9.17) is 10.00 Å². The van der Waals surface area contributed by atoms with Crippen LogP contribution in [-0.4, -0.2) is 27.6 Å². The second kappa shape index (κ2) is 11.3. The highest BCUT2D eigenvalue weighted by molar-refractivity contribution is 5.85. The molecule has 0 fully saturated rings. The van der Waals surface area contributed by atoms with Crippen LogP contribution in [-0.2, 0) is 12.6 Å². The second-order valence-electron chi connectivity index (χ2n) is 8.12. The fraction of sp³-hybridized carbons (Fsp3) is 0.148. The lowest BCUT2D eigenvalue weighted by atomic mass is 9.90. The SMILES string of the molecule is Cl.Cn1cncc1[C@@](O)(COc1ccc(C#N)cc1-c1ccc(OC(F)(F)F)cc1)c1ccc(C#N)cc1. The van der Waals surface area contributed by atoms with Gasteiger partial charge >= 0.3 is 6.36 Å². The molecule has 11 heteroatoms. The quantitative estimate of drug-likeness (QED) is 0.333. The number of benzene rings is 3. The van der Waals surface area contributed by atoms with Gasteiger partial charge in [0.15, 0.2) is 5.60 Å². The van der Waals surface area contributed by atoms with Crippen LogP contribution in [0.1, 0.15) is 22.4 Å². The number of nitriles is 2. The van der Waals surface area contributed by atoms with Gasteiger partial charge in [-0.2, -0.15) is 10.5 Å². The van der Waals surface area contributed by atoms with Gasteiger partial charge in [0.05, 0.1) is 41.5 Å². The summed E-state index contributed by atoms with van der Waals surface area (Å²) in [7, 11) is 1.72. The molecule has 3 aromatic carbocycles. The van der Waals surface area contributed by atoms with E-state index in [2.05, 4.69) is 9.72 Å². The molecular formula is C27H20ClF3N4O3. The van der Waals surface area contributed by atoms with Gasteiger partial charge in [0.2, 0.25) is 0 Å². The number of aliphatic hydroxyl groups is 1. The summed E-state index contributed by atoms with van der Waals surface area (Å²) in [5, 5.41) is 30.3. The molecule has 4 rings (SSSR count). The van der Waals surface area contributed by atoms with Crippen molar-refractivity contribution in [3.63, 3.8) is 0 Å². The number of imidazole rings is 1. The molecule has 1 atom stereocenters. The van der Waals surface area contributed by atoms with E-state index < -0.39 is 12.0 Å². The molecule has 194 valence electrons. The molecule has 0 unspecified atom stereocenters. The topological polar surface area (TPSA) is 104 Å². The third-order valence-electron chi connectivity index (χ3n) is 5.68. The zero-order valence-electron chi connectivity index (χ0n) is 19.8. The number of rotatable bonds is 7. The molecule has 0 bridgehead atoms. The first-order valence-corrected chi connectivity index (χ1v) is 10.9. The molecule has 0 saturated carbocycles. The molecule has 0 radical (unpaired) electrons. The Morgan fingerprint density at radius 2 is 1.58 bits per heavy atom. The zero-order valence-corrected chi connectivity index (χ0v) is 20.6. The lowest BCUT2D eigenvalue weighted by Gasteiger charge is -2.29. The van der Waals surface area contributed by atoms with Crippen LogP contribution in [0.3, 0.4) is 0 Å². The molecular weight excluding hydrogens is 521 g/mol. The van der Waals surface area contributed by atoms with Crippen molar-refractivity contribution in [3.05, 3.63) is 102 Å². The molecule has 0 spiro atoms. The molecule has 7 nitrogen and oxygen atoms in total. The molecule has 1 N–H and O–H groups in total. The molecule has 0 aliphatic carbocycles. The highest BCUT2D eigenvalue weighted by Crippen LogP contribution is 2.36. The van der Waals surface area contributed by atoms with Crippen molar-refractivity contribution in [2.75, 3.05) is 6.61 Å². The Kier molecular flexibility index (Phi) is 8.32. The number of aromatic nitrogens is 2. The van der Waals surface area contributed by atoms with Crippen LogP contribution in [0, 0.1) is 22.7 Å². The van der Waals surface area contributed by atoms with E-state index in [1.54, 1.807) is 48.0 Å². The fourth-order valence-corrected chi connectivity index (χ4v) is 3.85. The Labute approximate surface area is 222 Å². The van der Waals surface area contributed by atoms with Gasteiger partial charge in [-0.1, -0.05) is 24.3 Å². The minimum atomic E-state index is -4.82. The average molecular weight is 541 g/mol. The minimum absolute atomic E-state index is 0. The van der Waals surface area contributed by atoms with Gasteiger partial charge in [0.1, 0.15) is 18.1 Å². The number of aryl methyl sites for hydroxylation is 1. The Balaban J connectivity index is 0.00000400. The lowest BCUT2D eigenvalue weighted by Crippen LogP contribution is -2.36. The number of hydrogen-bond donors (Lipinski definition) is 1. The Hall–Kier alpha value is -4.51. The predicted octanol–water partition coefficient (Wildman–Crippen LogP) is 5.47. The van der Waals surface area contributed by atoms with Crippen LogP contribution in [0.4, 0.5) is 13.2 Å². The van der Waals surface area contributed by atoms with E-state index >= 15 is 0 Å². The highest BCUT2D eigenvalue weighted by atomic mass is 35.5. The molecule has 0 aliphatic rings. The van der Waals surface area contributed by atoms with Crippen molar-refractivity contribution in [2.45, 2.75) is 12.0 Å². The summed E-state index contributed by atoms with van der Waals surface area (Å²) in [6.07, 6.45) is -1.79. The number of alkyl halides is 3. The summed E-state index contributed by atoms with van der Waals surface area (Å²) in [6.45, 7) is -0.271. The van der Waals surface area contributed by atoms with E-state index in [1.807, 2.05) is 12.1 Å². The van der Waals surface area contributed by atoms with Crippen molar-refractivity contribution < 1.29 is 27.8 Å². The number of halogens is 4. The normalized spacial score (nSPS) is 12.4. The van der Waals surface area contributed by atoms with Crippen LogP contribution in [0.2, 0.25) is 0 Å². The van der Waals surface area contributed by atoms with E-state index in [1.165, 1.54) is 30.7 Å². The summed E-state index contributed by atoms with van der Waals surface area (Å²) in [4.78, 5) is 4.09.